The van der Waals surface area contributed by atoms with Crippen LogP contribution in [-0.2, 0) is 13.3 Å². The topological polar surface area (TPSA) is 27.7 Å². The molecule has 4 heteroatoms. The lowest BCUT2D eigenvalue weighted by molar-refractivity contribution is 0.0574. The molecule has 0 bridgehead atoms. The van der Waals surface area contributed by atoms with Crippen molar-refractivity contribution < 1.29 is 13.3 Å². The smallest absolute Gasteiger partial charge is 0.374 e. The van der Waals surface area contributed by atoms with Crippen LogP contribution in [0.1, 0.15) is 65.7 Å². The molecule has 0 N–H and O–H groups in total. The van der Waals surface area contributed by atoms with Gasteiger partial charge in [0.2, 0.25) is 0 Å². The Morgan fingerprint density at radius 3 is 1.50 bits per heavy atom. The lowest BCUT2D eigenvalue weighted by atomic mass is 10.0. The van der Waals surface area contributed by atoms with Gasteiger partial charge in [0.25, 0.3) is 0 Å². The van der Waals surface area contributed by atoms with E-state index in [1.165, 1.54) is 44.9 Å². The maximum absolute atomic E-state index is 6.04. The van der Waals surface area contributed by atoms with Crippen LogP contribution < -0.4 is 0 Å². The number of hydrogen-bond donors (Lipinski definition) is 0. The van der Waals surface area contributed by atoms with Crippen molar-refractivity contribution in [2.45, 2.75) is 71.3 Å². The zero-order valence-corrected chi connectivity index (χ0v) is 13.4. The van der Waals surface area contributed by atoms with Crippen LogP contribution in [0.5, 0.6) is 0 Å². The summed E-state index contributed by atoms with van der Waals surface area (Å²) in [6.07, 6.45) is 9.12. The van der Waals surface area contributed by atoms with Crippen molar-refractivity contribution in [3.63, 3.8) is 0 Å². The average Bonchev–Trinajstić information content (AvgIpc) is 2.29. The summed E-state index contributed by atoms with van der Waals surface area (Å²) in [6, 6.07) is 0. The normalized spacial score (nSPS) is 19.5. The third kappa shape index (κ3) is 4.65. The van der Waals surface area contributed by atoms with Crippen molar-refractivity contribution in [2.24, 2.45) is 0 Å². The molecule has 1 fully saturated rings. The Morgan fingerprint density at radius 1 is 0.722 bits per heavy atom. The van der Waals surface area contributed by atoms with E-state index >= 15 is 0 Å². The fourth-order valence-electron chi connectivity index (χ4n) is 2.89. The Hall–Kier alpha value is 0.0969. The fraction of sp³-hybridized carbons (Fsp3) is 1.00. The summed E-state index contributed by atoms with van der Waals surface area (Å²) in [5.74, 6) is 0. The molecule has 0 atom stereocenters. The predicted octanol–water partition coefficient (Wildman–Crippen LogP) is 4.15. The molecule has 0 aliphatic heterocycles. The van der Waals surface area contributed by atoms with Gasteiger partial charge in [-0.3, -0.25) is 0 Å². The molecule has 0 radical (unpaired) electrons. The highest BCUT2D eigenvalue weighted by molar-refractivity contribution is 6.62. The van der Waals surface area contributed by atoms with Gasteiger partial charge in [-0.15, -0.1) is 0 Å². The van der Waals surface area contributed by atoms with Gasteiger partial charge in [0.05, 0.1) is 0 Å². The van der Waals surface area contributed by atoms with Crippen LogP contribution in [0.4, 0.5) is 0 Å². The van der Waals surface area contributed by atoms with Gasteiger partial charge in [-0.2, -0.15) is 0 Å². The van der Waals surface area contributed by atoms with Gasteiger partial charge in [0.1, 0.15) is 0 Å². The molecular formula is C14H30O3Si. The summed E-state index contributed by atoms with van der Waals surface area (Å²) >= 11 is 0. The summed E-state index contributed by atoms with van der Waals surface area (Å²) in [5, 5.41) is 0. The van der Waals surface area contributed by atoms with Gasteiger partial charge in [0, 0.05) is 25.4 Å². The molecule has 1 rings (SSSR count). The predicted molar refractivity (Wildman–Crippen MR) is 76.7 cm³/mol. The van der Waals surface area contributed by atoms with Crippen LogP contribution in [-0.4, -0.2) is 28.6 Å². The summed E-state index contributed by atoms with van der Waals surface area (Å²) in [6.45, 7) is 8.22. The fourth-order valence-corrected chi connectivity index (χ4v) is 6.17. The molecule has 108 valence electrons. The first-order chi connectivity index (χ1) is 8.79. The van der Waals surface area contributed by atoms with E-state index in [1.54, 1.807) is 0 Å². The summed E-state index contributed by atoms with van der Waals surface area (Å²) < 4.78 is 18.1. The molecule has 1 aliphatic carbocycles. The zero-order valence-electron chi connectivity index (χ0n) is 12.4. The molecule has 0 amide bonds. The molecule has 1 saturated carbocycles. The summed E-state index contributed by atoms with van der Waals surface area (Å²) in [7, 11) is -2.45. The summed E-state index contributed by atoms with van der Waals surface area (Å²) in [5.41, 5.74) is 0.512. The van der Waals surface area contributed by atoms with Crippen LogP contribution in [0.3, 0.4) is 0 Å². The van der Waals surface area contributed by atoms with Crippen molar-refractivity contribution >= 4 is 8.80 Å². The highest BCUT2D eigenvalue weighted by Crippen LogP contribution is 2.37. The highest BCUT2D eigenvalue weighted by Gasteiger charge is 2.48. The Kier molecular flexibility index (Phi) is 8.14. The van der Waals surface area contributed by atoms with Crippen molar-refractivity contribution in [3.05, 3.63) is 0 Å². The van der Waals surface area contributed by atoms with E-state index < -0.39 is 8.80 Å². The maximum Gasteiger partial charge on any atom is 0.504 e. The minimum Gasteiger partial charge on any atom is -0.374 e. The van der Waals surface area contributed by atoms with Crippen LogP contribution in [0, 0.1) is 0 Å². The van der Waals surface area contributed by atoms with Crippen molar-refractivity contribution in [1.82, 2.24) is 0 Å². The second-order valence-electron chi connectivity index (χ2n) is 4.94. The Labute approximate surface area is 114 Å². The van der Waals surface area contributed by atoms with Gasteiger partial charge in [-0.25, -0.2) is 0 Å². The lowest BCUT2D eigenvalue weighted by Gasteiger charge is -2.36. The van der Waals surface area contributed by atoms with Crippen molar-refractivity contribution in [1.29, 1.82) is 0 Å². The van der Waals surface area contributed by atoms with Gasteiger partial charge >= 0.3 is 8.80 Å². The van der Waals surface area contributed by atoms with E-state index in [9.17, 15) is 0 Å². The van der Waals surface area contributed by atoms with Crippen molar-refractivity contribution in [3.8, 4) is 0 Å². The highest BCUT2D eigenvalue weighted by atomic mass is 28.4. The Balaban J connectivity index is 2.74. The molecule has 0 aromatic carbocycles. The molecule has 0 saturated heterocycles. The third-order valence-electron chi connectivity index (χ3n) is 3.64. The van der Waals surface area contributed by atoms with E-state index in [1.807, 2.05) is 20.8 Å². The number of hydrogen-bond acceptors (Lipinski definition) is 3. The lowest BCUT2D eigenvalue weighted by Crippen LogP contribution is -2.50. The van der Waals surface area contributed by atoms with Gasteiger partial charge in [-0.1, -0.05) is 32.1 Å². The molecule has 0 spiro atoms. The zero-order chi connectivity index (χ0) is 13.3. The third-order valence-corrected chi connectivity index (χ3v) is 7.29. The van der Waals surface area contributed by atoms with E-state index in [4.69, 9.17) is 13.3 Å². The first kappa shape index (κ1) is 16.2. The minimum absolute atomic E-state index is 0.512. The largest absolute Gasteiger partial charge is 0.504 e. The molecule has 0 unspecified atom stereocenters. The summed E-state index contributed by atoms with van der Waals surface area (Å²) in [4.78, 5) is 0. The second kappa shape index (κ2) is 9.07. The van der Waals surface area contributed by atoms with Gasteiger partial charge in [-0.05, 0) is 33.6 Å². The minimum atomic E-state index is -2.45. The molecule has 18 heavy (non-hydrogen) atoms. The quantitative estimate of drug-likeness (QED) is 0.653. The van der Waals surface area contributed by atoms with Crippen molar-refractivity contribution in [2.75, 3.05) is 19.8 Å². The SMILES string of the molecule is CCO[Si](OCC)(OCC)C1CCCCCCC1. The first-order valence-electron chi connectivity index (χ1n) is 7.70. The molecule has 0 heterocycles. The molecule has 0 aromatic heterocycles. The van der Waals surface area contributed by atoms with E-state index in [2.05, 4.69) is 0 Å². The van der Waals surface area contributed by atoms with Gasteiger partial charge in [0.15, 0.2) is 0 Å². The van der Waals surface area contributed by atoms with Crippen LogP contribution in [0.15, 0.2) is 0 Å². The molecule has 3 nitrogen and oxygen atoms in total. The maximum atomic E-state index is 6.04. The van der Waals surface area contributed by atoms with Crippen LogP contribution in [0.25, 0.3) is 0 Å². The van der Waals surface area contributed by atoms with Crippen LogP contribution >= 0.6 is 0 Å². The Morgan fingerprint density at radius 2 is 1.11 bits per heavy atom. The first-order valence-corrected chi connectivity index (χ1v) is 9.51. The Bertz CT molecular complexity index is 186. The second-order valence-corrected chi connectivity index (χ2v) is 7.83. The van der Waals surface area contributed by atoms with E-state index in [-0.39, 0.29) is 0 Å². The van der Waals surface area contributed by atoms with E-state index in [0.29, 0.717) is 25.4 Å². The molecule has 1 aliphatic rings. The van der Waals surface area contributed by atoms with E-state index in [0.717, 1.165) is 0 Å². The monoisotopic (exact) mass is 274 g/mol. The standard InChI is InChI=1S/C14H30O3Si/c1-4-15-18(16-5-2,17-6-3)14-12-10-8-7-9-11-13-14/h14H,4-13H2,1-3H3. The number of rotatable bonds is 7. The molecule has 0 aromatic rings. The average molecular weight is 274 g/mol. The van der Waals surface area contributed by atoms with Crippen LogP contribution in [0.2, 0.25) is 5.54 Å². The molecular weight excluding hydrogens is 244 g/mol. The van der Waals surface area contributed by atoms with Gasteiger partial charge < -0.3 is 13.3 Å².